The van der Waals surface area contributed by atoms with Crippen LogP contribution in [-0.4, -0.2) is 20.1 Å². The van der Waals surface area contributed by atoms with Gasteiger partial charge < -0.3 is 4.52 Å². The number of hydrogen-bond donors (Lipinski definition) is 0. The van der Waals surface area contributed by atoms with Crippen molar-refractivity contribution in [2.45, 2.75) is 64.5 Å². The van der Waals surface area contributed by atoms with Gasteiger partial charge in [0.2, 0.25) is 0 Å². The van der Waals surface area contributed by atoms with Crippen LogP contribution in [0.3, 0.4) is 0 Å². The van der Waals surface area contributed by atoms with Crippen molar-refractivity contribution in [2.75, 3.05) is 0 Å². The van der Waals surface area contributed by atoms with Gasteiger partial charge in [-0.25, -0.2) is 18.7 Å². The quantitative estimate of drug-likeness (QED) is 0.290. The molecule has 190 valence electrons. The fourth-order valence-corrected chi connectivity index (χ4v) is 6.26. The fraction of sp³-hybridized carbons (Fsp3) is 0.400. The second-order valence-corrected chi connectivity index (χ2v) is 10.9. The van der Waals surface area contributed by atoms with E-state index in [1.165, 1.54) is 6.07 Å². The summed E-state index contributed by atoms with van der Waals surface area (Å²) in [5.41, 5.74) is 5.03. The number of alkyl halides is 1. The minimum Gasteiger partial charge on any atom is -0.361 e. The number of pyridine rings is 1. The summed E-state index contributed by atoms with van der Waals surface area (Å²) in [5, 5.41) is 4.11. The van der Waals surface area contributed by atoms with E-state index in [0.717, 1.165) is 61.1 Å². The predicted molar refractivity (Wildman–Crippen MR) is 137 cm³/mol. The molecule has 2 atom stereocenters. The van der Waals surface area contributed by atoms with Crippen LogP contribution in [0.2, 0.25) is 0 Å². The normalized spacial score (nSPS) is 20.4. The summed E-state index contributed by atoms with van der Waals surface area (Å²) in [7, 11) is 0. The number of aromatic nitrogens is 4. The molecule has 2 aliphatic rings. The molecule has 6 rings (SSSR count). The molecule has 1 aromatic carbocycles. The standard InChI is InChI=1S/C30H30F2N4O/c1-18(2)9-11-30-15-20-17-34-37-26(20)14-21(30)7-8-24-27(23-5-3-4-6-25(23)32)35-29(36-28(24)30)19-10-12-33-22(13-19)16-31/h3-6,10,12-13,17-18,21H,7-9,11,14-16H2,1-2H3/t21-,30-/m1/s1. The minimum atomic E-state index is -0.671. The SMILES string of the molecule is CC(C)CC[C@@]12Cc3cnoc3C[C@H]1CCc1c(-c3ccccc3F)nc(-c3ccnc(CF)c3)nc12. The van der Waals surface area contributed by atoms with Crippen LogP contribution >= 0.6 is 0 Å². The number of halogens is 2. The Morgan fingerprint density at radius 2 is 2.03 bits per heavy atom. The van der Waals surface area contributed by atoms with Crippen LogP contribution in [-0.2, 0) is 31.4 Å². The molecule has 7 heteroatoms. The lowest BCUT2D eigenvalue weighted by molar-refractivity contribution is 0.166. The van der Waals surface area contributed by atoms with Gasteiger partial charge in [0.25, 0.3) is 0 Å². The van der Waals surface area contributed by atoms with Gasteiger partial charge >= 0.3 is 0 Å². The van der Waals surface area contributed by atoms with Crippen LogP contribution in [0.4, 0.5) is 8.78 Å². The van der Waals surface area contributed by atoms with Crippen LogP contribution in [0.25, 0.3) is 22.6 Å². The number of benzene rings is 1. The van der Waals surface area contributed by atoms with E-state index in [1.807, 2.05) is 12.3 Å². The highest BCUT2D eigenvalue weighted by atomic mass is 19.1. The smallest absolute Gasteiger partial charge is 0.160 e. The first-order valence-corrected chi connectivity index (χ1v) is 13.1. The average molecular weight is 501 g/mol. The summed E-state index contributed by atoms with van der Waals surface area (Å²) in [4.78, 5) is 14.3. The molecule has 0 saturated carbocycles. The van der Waals surface area contributed by atoms with E-state index in [2.05, 4.69) is 24.0 Å². The zero-order valence-corrected chi connectivity index (χ0v) is 21.2. The van der Waals surface area contributed by atoms with Gasteiger partial charge in [0.15, 0.2) is 5.82 Å². The van der Waals surface area contributed by atoms with Crippen LogP contribution < -0.4 is 0 Å². The van der Waals surface area contributed by atoms with Gasteiger partial charge in [-0.1, -0.05) is 37.6 Å². The van der Waals surface area contributed by atoms with Gasteiger partial charge in [0.1, 0.15) is 18.3 Å². The molecule has 0 fully saturated rings. The maximum absolute atomic E-state index is 15.2. The summed E-state index contributed by atoms with van der Waals surface area (Å²) in [6.45, 7) is 3.82. The van der Waals surface area contributed by atoms with Gasteiger partial charge in [-0.05, 0) is 61.8 Å². The van der Waals surface area contributed by atoms with Gasteiger partial charge in [-0.15, -0.1) is 0 Å². The summed E-state index contributed by atoms with van der Waals surface area (Å²) in [5.74, 6) is 2.02. The van der Waals surface area contributed by atoms with Crippen molar-refractivity contribution in [1.82, 2.24) is 20.1 Å². The monoisotopic (exact) mass is 500 g/mol. The molecular weight excluding hydrogens is 470 g/mol. The molecule has 0 aliphatic heterocycles. The molecule has 0 spiro atoms. The van der Waals surface area contributed by atoms with Crippen LogP contribution in [0.5, 0.6) is 0 Å². The number of hydrogen-bond acceptors (Lipinski definition) is 5. The van der Waals surface area contributed by atoms with Crippen LogP contribution in [0.15, 0.2) is 53.3 Å². The van der Waals surface area contributed by atoms with E-state index >= 15 is 4.39 Å². The second-order valence-electron chi connectivity index (χ2n) is 10.9. The first-order valence-electron chi connectivity index (χ1n) is 13.1. The average Bonchev–Trinajstić information content (AvgIpc) is 3.37. The highest BCUT2D eigenvalue weighted by Gasteiger charge is 2.50. The largest absolute Gasteiger partial charge is 0.361 e. The Kier molecular flexibility index (Phi) is 6.09. The van der Waals surface area contributed by atoms with Crippen molar-refractivity contribution in [3.8, 4) is 22.6 Å². The van der Waals surface area contributed by atoms with Crippen molar-refractivity contribution in [3.63, 3.8) is 0 Å². The predicted octanol–water partition coefficient (Wildman–Crippen LogP) is 6.84. The van der Waals surface area contributed by atoms with Crippen molar-refractivity contribution >= 4 is 0 Å². The summed E-state index contributed by atoms with van der Waals surface area (Å²) >= 11 is 0. The molecule has 3 heterocycles. The molecule has 0 amide bonds. The summed E-state index contributed by atoms with van der Waals surface area (Å²) < 4.78 is 34.3. The molecule has 0 bridgehead atoms. The molecule has 4 aromatic rings. The van der Waals surface area contributed by atoms with E-state index < -0.39 is 6.67 Å². The summed E-state index contributed by atoms with van der Waals surface area (Å²) in [6.07, 6.45) is 8.76. The second kappa shape index (κ2) is 9.43. The Bertz CT molecular complexity index is 1450. The summed E-state index contributed by atoms with van der Waals surface area (Å²) in [6, 6.07) is 10.3. The molecule has 0 unspecified atom stereocenters. The third kappa shape index (κ3) is 4.14. The lowest BCUT2D eigenvalue weighted by atomic mass is 9.56. The van der Waals surface area contributed by atoms with E-state index in [-0.39, 0.29) is 11.2 Å². The number of rotatable bonds is 6. The number of nitrogens with zero attached hydrogens (tertiary/aromatic N) is 4. The maximum Gasteiger partial charge on any atom is 0.160 e. The zero-order valence-electron chi connectivity index (χ0n) is 21.2. The third-order valence-electron chi connectivity index (χ3n) is 8.18. The first-order chi connectivity index (χ1) is 18.0. The van der Waals surface area contributed by atoms with E-state index in [4.69, 9.17) is 14.5 Å². The van der Waals surface area contributed by atoms with Crippen molar-refractivity contribution < 1.29 is 13.3 Å². The van der Waals surface area contributed by atoms with Gasteiger partial charge in [0.05, 0.1) is 23.3 Å². The van der Waals surface area contributed by atoms with Crippen molar-refractivity contribution in [1.29, 1.82) is 0 Å². The van der Waals surface area contributed by atoms with Crippen molar-refractivity contribution in [3.05, 3.63) is 82.9 Å². The third-order valence-corrected chi connectivity index (χ3v) is 8.18. The molecule has 37 heavy (non-hydrogen) atoms. The Hall–Kier alpha value is -3.48. The topological polar surface area (TPSA) is 64.7 Å². The highest BCUT2D eigenvalue weighted by Crippen LogP contribution is 2.53. The van der Waals surface area contributed by atoms with E-state index in [9.17, 15) is 4.39 Å². The Morgan fingerprint density at radius 3 is 2.84 bits per heavy atom. The van der Waals surface area contributed by atoms with Gasteiger partial charge in [0, 0.05) is 40.3 Å². The minimum absolute atomic E-state index is 0.232. The van der Waals surface area contributed by atoms with E-state index in [1.54, 1.807) is 30.5 Å². The first kappa shape index (κ1) is 23.9. The number of fused-ring (bicyclic) bond motifs is 4. The van der Waals surface area contributed by atoms with Crippen LogP contribution in [0.1, 0.15) is 61.4 Å². The Labute approximate surface area is 215 Å². The maximum atomic E-state index is 15.2. The lowest BCUT2D eigenvalue weighted by Gasteiger charge is -2.47. The van der Waals surface area contributed by atoms with Gasteiger partial charge in [-0.3, -0.25) is 4.98 Å². The lowest BCUT2D eigenvalue weighted by Crippen LogP contribution is -2.46. The molecule has 0 saturated heterocycles. The molecule has 3 aromatic heterocycles. The molecule has 2 aliphatic carbocycles. The zero-order chi connectivity index (χ0) is 25.6. The van der Waals surface area contributed by atoms with E-state index in [0.29, 0.717) is 40.2 Å². The Morgan fingerprint density at radius 1 is 1.16 bits per heavy atom. The highest BCUT2D eigenvalue weighted by molar-refractivity contribution is 5.70. The van der Waals surface area contributed by atoms with Crippen LogP contribution in [0, 0.1) is 17.7 Å². The fourth-order valence-electron chi connectivity index (χ4n) is 6.26. The molecule has 0 N–H and O–H groups in total. The van der Waals surface area contributed by atoms with Gasteiger partial charge in [-0.2, -0.15) is 0 Å². The van der Waals surface area contributed by atoms with Crippen molar-refractivity contribution in [2.24, 2.45) is 11.8 Å². The molecule has 5 nitrogen and oxygen atoms in total. The Balaban J connectivity index is 1.62. The molecular formula is C30H30F2N4O. The molecule has 0 radical (unpaired) electrons.